The fourth-order valence-electron chi connectivity index (χ4n) is 2.04. The van der Waals surface area contributed by atoms with E-state index >= 15 is 0 Å². The summed E-state index contributed by atoms with van der Waals surface area (Å²) in [7, 11) is 0. The molecule has 1 nitrogen and oxygen atoms in total. The molecule has 1 aliphatic rings. The summed E-state index contributed by atoms with van der Waals surface area (Å²) in [6.07, 6.45) is -16.0. The number of nitrogens with zero attached hydrogens (tertiary/aromatic N) is 1. The number of rotatable bonds is 2. The van der Waals surface area contributed by atoms with E-state index in [4.69, 9.17) is 0 Å². The molecule has 0 bridgehead atoms. The molecule has 0 atom stereocenters. The van der Waals surface area contributed by atoms with Crippen molar-refractivity contribution in [2.75, 3.05) is 13.1 Å². The van der Waals surface area contributed by atoms with Crippen molar-refractivity contribution in [2.24, 2.45) is 5.92 Å². The molecule has 21 heavy (non-hydrogen) atoms. The lowest BCUT2D eigenvalue weighted by Crippen LogP contribution is -2.51. The van der Waals surface area contributed by atoms with Crippen LogP contribution in [0.15, 0.2) is 11.7 Å². The average molecular weight is 333 g/mol. The van der Waals surface area contributed by atoms with Crippen LogP contribution in [0.5, 0.6) is 0 Å². The van der Waals surface area contributed by atoms with Crippen molar-refractivity contribution in [2.45, 2.75) is 31.2 Å². The number of halogens is 10. The van der Waals surface area contributed by atoms with Crippen LogP contribution in [0.3, 0.4) is 0 Å². The summed E-state index contributed by atoms with van der Waals surface area (Å²) >= 11 is 0. The lowest BCUT2D eigenvalue weighted by atomic mass is 9.95. The molecule has 1 fully saturated rings. The monoisotopic (exact) mass is 333 g/mol. The number of piperidine rings is 1. The second kappa shape index (κ2) is 5.65. The second-order valence-electron chi connectivity index (χ2n) is 4.48. The molecule has 1 heterocycles. The van der Waals surface area contributed by atoms with Crippen molar-refractivity contribution < 1.29 is 43.9 Å². The van der Waals surface area contributed by atoms with E-state index in [0.29, 0.717) is 0 Å². The van der Waals surface area contributed by atoms with E-state index in [1.54, 1.807) is 0 Å². The molecule has 1 saturated heterocycles. The molecular formula is C10H9F10N. The summed E-state index contributed by atoms with van der Waals surface area (Å²) < 4.78 is 125. The lowest BCUT2D eigenvalue weighted by molar-refractivity contribution is -0.215. The van der Waals surface area contributed by atoms with Crippen LogP contribution in [0.25, 0.3) is 0 Å². The first kappa shape index (κ1) is 18.1. The Bertz CT molecular complexity index is 395. The maximum Gasteiger partial charge on any atom is 0.425 e. The van der Waals surface area contributed by atoms with Gasteiger partial charge in [-0.3, -0.25) is 0 Å². The Labute approximate surface area is 112 Å². The van der Waals surface area contributed by atoms with Gasteiger partial charge >= 0.3 is 18.4 Å². The Morgan fingerprint density at radius 1 is 0.810 bits per heavy atom. The minimum atomic E-state index is -5.98. The first-order chi connectivity index (χ1) is 9.28. The molecule has 1 aliphatic heterocycles. The number of alkyl halides is 8. The van der Waals surface area contributed by atoms with Gasteiger partial charge in [-0.2, -0.15) is 43.9 Å². The molecule has 0 aromatic heterocycles. The van der Waals surface area contributed by atoms with E-state index in [2.05, 4.69) is 0 Å². The van der Waals surface area contributed by atoms with E-state index in [9.17, 15) is 43.9 Å². The lowest BCUT2D eigenvalue weighted by Gasteiger charge is -2.38. The smallest absolute Gasteiger partial charge is 0.240 e. The van der Waals surface area contributed by atoms with Crippen LogP contribution in [0.2, 0.25) is 0 Å². The number of hydrogen-bond donors (Lipinski definition) is 0. The van der Waals surface area contributed by atoms with E-state index in [0.717, 1.165) is 0 Å². The fraction of sp³-hybridized carbons (Fsp3) is 0.800. The zero-order valence-electron chi connectivity index (χ0n) is 10.1. The Morgan fingerprint density at radius 2 is 1.24 bits per heavy atom. The van der Waals surface area contributed by atoms with Gasteiger partial charge in [-0.25, -0.2) is 4.90 Å². The first-order valence-corrected chi connectivity index (χ1v) is 5.60. The van der Waals surface area contributed by atoms with E-state index < -0.39 is 61.9 Å². The Morgan fingerprint density at radius 3 is 1.52 bits per heavy atom. The summed E-state index contributed by atoms with van der Waals surface area (Å²) in [6.45, 7) is -2.13. The third-order valence-corrected chi connectivity index (χ3v) is 3.13. The molecule has 0 radical (unpaired) electrons. The zero-order chi connectivity index (χ0) is 16.6. The quantitative estimate of drug-likeness (QED) is 0.529. The molecule has 0 amide bonds. The normalized spacial score (nSPS) is 19.7. The minimum absolute atomic E-state index is 0.308. The van der Waals surface area contributed by atoms with Crippen molar-refractivity contribution in [3.63, 3.8) is 0 Å². The van der Waals surface area contributed by atoms with Gasteiger partial charge in [-0.05, 0) is 12.8 Å². The molecular weight excluding hydrogens is 324 g/mol. The summed E-state index contributed by atoms with van der Waals surface area (Å²) in [5.74, 6) is -1.93. The summed E-state index contributed by atoms with van der Waals surface area (Å²) in [5.41, 5.74) is -3.33. The van der Waals surface area contributed by atoms with Crippen LogP contribution in [0, 0.1) is 5.92 Å². The van der Waals surface area contributed by atoms with Crippen LogP contribution in [-0.2, 0) is 0 Å². The highest BCUT2D eigenvalue weighted by atomic mass is 19.4. The highest BCUT2D eigenvalue weighted by Gasteiger charge is 2.58. The highest BCUT2D eigenvalue weighted by Crippen LogP contribution is 2.45. The summed E-state index contributed by atoms with van der Waals surface area (Å²) in [5, 5.41) is 0. The van der Waals surface area contributed by atoms with E-state index in [1.807, 2.05) is 0 Å². The van der Waals surface area contributed by atoms with Gasteiger partial charge < -0.3 is 0 Å². The molecule has 0 aromatic carbocycles. The van der Waals surface area contributed by atoms with Gasteiger partial charge in [-0.1, -0.05) is 0 Å². The molecule has 124 valence electrons. The van der Waals surface area contributed by atoms with Gasteiger partial charge in [0.15, 0.2) is 5.57 Å². The van der Waals surface area contributed by atoms with Crippen LogP contribution in [-0.4, -0.2) is 36.4 Å². The number of hydrogen-bond acceptors (Lipinski definition) is 1. The third-order valence-electron chi connectivity index (χ3n) is 3.13. The zero-order valence-corrected chi connectivity index (χ0v) is 10.1. The average Bonchev–Trinajstić information content (AvgIpc) is 2.24. The van der Waals surface area contributed by atoms with Gasteiger partial charge in [0.2, 0.25) is 0 Å². The van der Waals surface area contributed by atoms with E-state index in [1.165, 1.54) is 0 Å². The molecule has 1 rings (SSSR count). The molecule has 0 aliphatic carbocycles. The maximum atomic E-state index is 13.5. The van der Waals surface area contributed by atoms with Crippen molar-refractivity contribution in [1.82, 2.24) is 4.90 Å². The first-order valence-electron chi connectivity index (χ1n) is 5.60. The van der Waals surface area contributed by atoms with Crippen molar-refractivity contribution >= 4 is 0 Å². The predicted octanol–water partition coefficient (Wildman–Crippen LogP) is 4.57. The van der Waals surface area contributed by atoms with Crippen molar-refractivity contribution in [3.8, 4) is 0 Å². The molecule has 0 spiro atoms. The van der Waals surface area contributed by atoms with Gasteiger partial charge in [0.05, 0.1) is 5.92 Å². The predicted molar refractivity (Wildman–Crippen MR) is 50.6 cm³/mol. The van der Waals surface area contributed by atoms with Crippen molar-refractivity contribution in [3.05, 3.63) is 11.7 Å². The Hall–Kier alpha value is -1.00. The molecule has 0 N–H and O–H groups in total. The minimum Gasteiger partial charge on any atom is -0.240 e. The Balaban J connectivity index is 2.94. The van der Waals surface area contributed by atoms with Gasteiger partial charge in [-0.15, -0.1) is 0 Å². The largest absolute Gasteiger partial charge is 0.425 e. The van der Waals surface area contributed by atoms with Crippen LogP contribution < -0.4 is 0 Å². The fourth-order valence-corrected chi connectivity index (χ4v) is 2.04. The summed E-state index contributed by atoms with van der Waals surface area (Å²) in [4.78, 5) is -0.308. The SMILES string of the molecule is FC(F)=C(C(F)(F)F)C(F)(F)N1CCC(C(F)(F)F)CC1. The van der Waals surface area contributed by atoms with Gasteiger partial charge in [0.25, 0.3) is 6.08 Å². The Kier molecular flexibility index (Phi) is 4.86. The highest BCUT2D eigenvalue weighted by molar-refractivity contribution is 5.19. The molecule has 0 unspecified atom stereocenters. The third kappa shape index (κ3) is 4.01. The second-order valence-corrected chi connectivity index (χ2v) is 4.48. The summed E-state index contributed by atoms with van der Waals surface area (Å²) in [6, 6.07) is -5.08. The number of likely N-dealkylation sites (tertiary alicyclic amines) is 1. The molecule has 11 heteroatoms. The van der Waals surface area contributed by atoms with Crippen molar-refractivity contribution in [1.29, 1.82) is 0 Å². The van der Waals surface area contributed by atoms with Crippen LogP contribution in [0.1, 0.15) is 12.8 Å². The van der Waals surface area contributed by atoms with Gasteiger partial charge in [0.1, 0.15) is 0 Å². The van der Waals surface area contributed by atoms with Gasteiger partial charge in [0, 0.05) is 13.1 Å². The molecule has 0 aromatic rings. The van der Waals surface area contributed by atoms with Crippen LogP contribution >= 0.6 is 0 Å². The maximum absolute atomic E-state index is 13.5. The topological polar surface area (TPSA) is 3.24 Å². The molecule has 0 saturated carbocycles. The van der Waals surface area contributed by atoms with Crippen LogP contribution in [0.4, 0.5) is 43.9 Å². The van der Waals surface area contributed by atoms with E-state index in [-0.39, 0.29) is 4.90 Å². The standard InChI is InChI=1S/C10H9F10N/c11-7(12)6(9(16,17)18)10(19,20)21-3-1-5(2-4-21)8(13,14)15/h5H,1-4H2.